The molecule has 0 aromatic carbocycles. The Morgan fingerprint density at radius 2 is 2.00 bits per heavy atom. The van der Waals surface area contributed by atoms with Gasteiger partial charge in [0.2, 0.25) is 5.95 Å². The molecule has 0 aliphatic rings. The van der Waals surface area contributed by atoms with Gasteiger partial charge in [-0.05, 0) is 18.2 Å². The lowest BCUT2D eigenvalue weighted by Gasteiger charge is -2.09. The average Bonchev–Trinajstić information content (AvgIpc) is 2.77. The molecule has 0 aliphatic heterocycles. The first-order valence-electron chi connectivity index (χ1n) is 5.46. The van der Waals surface area contributed by atoms with Gasteiger partial charge in [0.25, 0.3) is 5.78 Å². The van der Waals surface area contributed by atoms with E-state index in [-0.39, 0.29) is 17.4 Å². The fourth-order valence-corrected chi connectivity index (χ4v) is 1.75. The van der Waals surface area contributed by atoms with E-state index in [0.717, 1.165) is 6.07 Å². The Labute approximate surface area is 110 Å². The van der Waals surface area contributed by atoms with Gasteiger partial charge in [0.15, 0.2) is 5.69 Å². The van der Waals surface area contributed by atoms with E-state index in [0.29, 0.717) is 10.1 Å². The molecule has 0 unspecified atom stereocenters. The van der Waals surface area contributed by atoms with Crippen molar-refractivity contribution in [3.8, 4) is 11.3 Å². The van der Waals surface area contributed by atoms with Gasteiger partial charge in [0.05, 0.1) is 5.69 Å². The molecule has 0 bridgehead atoms. The smallest absolute Gasteiger partial charge is 0.366 e. The molecule has 0 saturated carbocycles. The third-order valence-electron chi connectivity index (χ3n) is 2.58. The molecular formula is C11H7F3N6. The normalized spacial score (nSPS) is 11.9. The van der Waals surface area contributed by atoms with Crippen LogP contribution in [0.15, 0.2) is 30.6 Å². The van der Waals surface area contributed by atoms with Crippen molar-refractivity contribution in [3.63, 3.8) is 0 Å². The largest absolute Gasteiger partial charge is 0.433 e. The van der Waals surface area contributed by atoms with Crippen molar-refractivity contribution in [2.75, 3.05) is 5.73 Å². The zero-order valence-electron chi connectivity index (χ0n) is 9.83. The van der Waals surface area contributed by atoms with Crippen molar-refractivity contribution in [1.29, 1.82) is 0 Å². The van der Waals surface area contributed by atoms with Gasteiger partial charge in [-0.1, -0.05) is 0 Å². The van der Waals surface area contributed by atoms with E-state index in [1.165, 1.54) is 12.4 Å². The molecule has 3 heterocycles. The van der Waals surface area contributed by atoms with E-state index in [2.05, 4.69) is 20.1 Å². The summed E-state index contributed by atoms with van der Waals surface area (Å²) in [6, 6.07) is 4.09. The molecule has 9 heteroatoms. The summed E-state index contributed by atoms with van der Waals surface area (Å²) in [4.78, 5) is 11.5. The van der Waals surface area contributed by atoms with Crippen LogP contribution in [0.1, 0.15) is 5.69 Å². The molecule has 20 heavy (non-hydrogen) atoms. The zero-order chi connectivity index (χ0) is 14.3. The molecule has 2 N–H and O–H groups in total. The third-order valence-corrected chi connectivity index (χ3v) is 2.58. The molecule has 102 valence electrons. The van der Waals surface area contributed by atoms with Gasteiger partial charge in [-0.3, -0.25) is 4.98 Å². The lowest BCUT2D eigenvalue weighted by atomic mass is 10.2. The molecule has 0 atom stereocenters. The fraction of sp³-hybridized carbons (Fsp3) is 0.0909. The summed E-state index contributed by atoms with van der Waals surface area (Å²) in [6.45, 7) is 0. The van der Waals surface area contributed by atoms with Crippen LogP contribution in [0.4, 0.5) is 19.1 Å². The van der Waals surface area contributed by atoms with E-state index in [9.17, 15) is 13.2 Å². The van der Waals surface area contributed by atoms with Crippen molar-refractivity contribution in [2.45, 2.75) is 6.18 Å². The Bertz CT molecular complexity index is 765. The Balaban J connectivity index is 2.31. The minimum absolute atomic E-state index is 0.102. The summed E-state index contributed by atoms with van der Waals surface area (Å²) >= 11 is 0. The maximum atomic E-state index is 13.0. The Kier molecular flexibility index (Phi) is 2.56. The Morgan fingerprint density at radius 1 is 1.20 bits per heavy atom. The number of aromatic nitrogens is 5. The van der Waals surface area contributed by atoms with Crippen molar-refractivity contribution < 1.29 is 13.2 Å². The number of fused-ring (bicyclic) bond motifs is 1. The molecule has 0 fully saturated rings. The third kappa shape index (κ3) is 2.02. The summed E-state index contributed by atoms with van der Waals surface area (Å²) in [6.07, 6.45) is -1.67. The average molecular weight is 280 g/mol. The molecule has 0 amide bonds. The van der Waals surface area contributed by atoms with E-state index in [1.807, 2.05) is 0 Å². The van der Waals surface area contributed by atoms with Gasteiger partial charge in [0, 0.05) is 18.0 Å². The number of pyridine rings is 1. The molecule has 3 rings (SSSR count). The first kappa shape index (κ1) is 12.3. The minimum atomic E-state index is -4.60. The Hall–Kier alpha value is -2.71. The number of halogens is 3. The van der Waals surface area contributed by atoms with Crippen LogP contribution in [0, 0.1) is 0 Å². The van der Waals surface area contributed by atoms with Gasteiger partial charge < -0.3 is 5.73 Å². The molecule has 6 nitrogen and oxygen atoms in total. The second-order valence-corrected chi connectivity index (χ2v) is 3.95. The summed E-state index contributed by atoms with van der Waals surface area (Å²) in [5.74, 6) is -0.484. The maximum Gasteiger partial charge on any atom is 0.433 e. The zero-order valence-corrected chi connectivity index (χ0v) is 9.83. The highest BCUT2D eigenvalue weighted by atomic mass is 19.4. The number of hydrogen-bond donors (Lipinski definition) is 1. The SMILES string of the molecule is Nc1nc2nc(-c3cccnc3)cc(C(F)(F)F)n2n1. The maximum absolute atomic E-state index is 13.0. The standard InChI is InChI=1S/C11H7F3N6/c12-11(13,14)8-4-7(6-2-1-3-16-5-6)17-10-18-9(15)19-20(8)10/h1-5H,(H2,15,19). The van der Waals surface area contributed by atoms with Crippen LogP contribution in [0.5, 0.6) is 0 Å². The van der Waals surface area contributed by atoms with Crippen LogP contribution < -0.4 is 5.73 Å². The highest BCUT2D eigenvalue weighted by Gasteiger charge is 2.35. The van der Waals surface area contributed by atoms with Gasteiger partial charge >= 0.3 is 6.18 Å². The minimum Gasteiger partial charge on any atom is -0.366 e. The topological polar surface area (TPSA) is 82.0 Å². The molecule has 0 radical (unpaired) electrons. The monoisotopic (exact) mass is 280 g/mol. The molecule has 0 aliphatic carbocycles. The van der Waals surface area contributed by atoms with Gasteiger partial charge in [-0.25, -0.2) is 4.98 Å². The summed E-state index contributed by atoms with van der Waals surface area (Å²) in [7, 11) is 0. The van der Waals surface area contributed by atoms with Crippen molar-refractivity contribution in [1.82, 2.24) is 24.6 Å². The van der Waals surface area contributed by atoms with E-state index >= 15 is 0 Å². The first-order valence-corrected chi connectivity index (χ1v) is 5.46. The van der Waals surface area contributed by atoms with Crippen LogP contribution in [-0.4, -0.2) is 24.6 Å². The molecule has 3 aromatic heterocycles. The number of hydrogen-bond acceptors (Lipinski definition) is 5. The predicted molar refractivity (Wildman–Crippen MR) is 63.4 cm³/mol. The predicted octanol–water partition coefficient (Wildman–Crippen LogP) is 1.79. The lowest BCUT2D eigenvalue weighted by molar-refractivity contribution is -0.142. The highest BCUT2D eigenvalue weighted by molar-refractivity contribution is 5.60. The number of nitrogen functional groups attached to an aromatic ring is 1. The molecular weight excluding hydrogens is 273 g/mol. The quantitative estimate of drug-likeness (QED) is 0.734. The van der Waals surface area contributed by atoms with Crippen molar-refractivity contribution >= 4 is 11.7 Å². The van der Waals surface area contributed by atoms with Gasteiger partial charge in [0.1, 0.15) is 0 Å². The van der Waals surface area contributed by atoms with Crippen molar-refractivity contribution in [2.24, 2.45) is 0 Å². The van der Waals surface area contributed by atoms with Gasteiger partial charge in [-0.2, -0.15) is 22.7 Å². The van der Waals surface area contributed by atoms with Gasteiger partial charge in [-0.15, -0.1) is 5.10 Å². The number of anilines is 1. The number of rotatable bonds is 1. The first-order chi connectivity index (χ1) is 9.45. The van der Waals surface area contributed by atoms with E-state index in [1.54, 1.807) is 12.1 Å². The van der Waals surface area contributed by atoms with Crippen LogP contribution >= 0.6 is 0 Å². The Morgan fingerprint density at radius 3 is 2.65 bits per heavy atom. The van der Waals surface area contributed by atoms with Crippen LogP contribution in [0.3, 0.4) is 0 Å². The van der Waals surface area contributed by atoms with Crippen molar-refractivity contribution in [3.05, 3.63) is 36.3 Å². The molecule has 0 spiro atoms. The number of nitrogens with two attached hydrogens (primary N) is 1. The lowest BCUT2D eigenvalue weighted by Crippen LogP contribution is -2.14. The molecule has 3 aromatic rings. The molecule has 0 saturated heterocycles. The summed E-state index contributed by atoms with van der Waals surface area (Å²) in [5.41, 5.74) is 4.88. The number of alkyl halides is 3. The van der Waals surface area contributed by atoms with E-state index < -0.39 is 11.9 Å². The number of nitrogens with zero attached hydrogens (tertiary/aromatic N) is 5. The highest BCUT2D eigenvalue weighted by Crippen LogP contribution is 2.31. The van der Waals surface area contributed by atoms with Crippen LogP contribution in [0.2, 0.25) is 0 Å². The van der Waals surface area contributed by atoms with Crippen LogP contribution in [-0.2, 0) is 6.18 Å². The summed E-state index contributed by atoms with van der Waals surface area (Å²) < 4.78 is 39.7. The van der Waals surface area contributed by atoms with E-state index in [4.69, 9.17) is 5.73 Å². The fourth-order valence-electron chi connectivity index (χ4n) is 1.75. The second kappa shape index (κ2) is 4.15. The second-order valence-electron chi connectivity index (χ2n) is 3.95. The summed E-state index contributed by atoms with van der Waals surface area (Å²) in [5, 5.41) is 3.50. The van der Waals surface area contributed by atoms with Crippen LogP contribution in [0.25, 0.3) is 17.0 Å².